The number of azide groups is 1. The van der Waals surface area contributed by atoms with E-state index in [2.05, 4.69) is 16.1 Å². The summed E-state index contributed by atoms with van der Waals surface area (Å²) in [6.45, 7) is 0. The first-order chi connectivity index (χ1) is 7.04. The van der Waals surface area contributed by atoms with E-state index in [0.29, 0.717) is 0 Å². The molecule has 9 nitrogen and oxygen atoms in total. The van der Waals surface area contributed by atoms with Crippen LogP contribution in [0.5, 0.6) is 0 Å². The van der Waals surface area contributed by atoms with Gasteiger partial charge in [-0.05, 0) is 11.6 Å². The predicted molar refractivity (Wildman–Crippen MR) is 47.4 cm³/mol. The van der Waals surface area contributed by atoms with Crippen molar-refractivity contribution in [1.82, 2.24) is 0 Å². The second-order valence-corrected chi connectivity index (χ2v) is 2.31. The molecule has 0 aliphatic heterocycles. The van der Waals surface area contributed by atoms with Crippen LogP contribution in [0.2, 0.25) is 0 Å². The maximum absolute atomic E-state index is 10.4. The number of nitro benzene ring substituents is 2. The van der Waals surface area contributed by atoms with E-state index >= 15 is 0 Å². The molecule has 0 aliphatic rings. The third-order valence-electron chi connectivity index (χ3n) is 1.39. The van der Waals surface area contributed by atoms with Gasteiger partial charge in [0.25, 0.3) is 0 Å². The summed E-state index contributed by atoms with van der Waals surface area (Å²) in [5, 5.41) is 23.7. The van der Waals surface area contributed by atoms with E-state index in [0.717, 1.165) is 12.1 Å². The molecule has 0 bridgehead atoms. The van der Waals surface area contributed by atoms with Gasteiger partial charge in [-0.15, -0.1) is 0 Å². The van der Waals surface area contributed by atoms with Crippen molar-refractivity contribution in [2.45, 2.75) is 0 Å². The van der Waals surface area contributed by atoms with E-state index < -0.39 is 21.2 Å². The van der Waals surface area contributed by atoms with E-state index in [1.807, 2.05) is 0 Å². The van der Waals surface area contributed by atoms with Gasteiger partial charge in [-0.1, -0.05) is 22.9 Å². The molecule has 0 saturated carbocycles. The van der Waals surface area contributed by atoms with Crippen LogP contribution in [0.4, 0.5) is 17.1 Å². The zero-order chi connectivity index (χ0) is 11.4. The summed E-state index contributed by atoms with van der Waals surface area (Å²) < 4.78 is 0. The molecule has 16 heavy (non-hydrogen) atoms. The largest absolute Gasteiger partial charge is 1.00 e. The van der Waals surface area contributed by atoms with E-state index in [4.69, 9.17) is 5.53 Å². The maximum atomic E-state index is 10.4. The summed E-state index contributed by atoms with van der Waals surface area (Å²) in [5.41, 5.74) is 6.64. The third-order valence-corrected chi connectivity index (χ3v) is 1.39. The molecule has 0 unspecified atom stereocenters. The summed E-state index contributed by atoms with van der Waals surface area (Å²) in [6.07, 6.45) is 0. The molecular weight excluding hydrogens is 314 g/mol. The average molecular weight is 316 g/mol. The fourth-order valence-corrected chi connectivity index (χ4v) is 0.831. The Labute approximate surface area is 104 Å². The van der Waals surface area contributed by atoms with Crippen LogP contribution in [0.3, 0.4) is 0 Å². The summed E-state index contributed by atoms with van der Waals surface area (Å²) in [4.78, 5) is 21.4. The van der Waals surface area contributed by atoms with Crippen molar-refractivity contribution in [3.05, 3.63) is 48.9 Å². The molecular formula is C6H2AgN5O4. The Hall–Kier alpha value is -1.93. The first-order valence-corrected chi connectivity index (χ1v) is 3.46. The quantitative estimate of drug-likeness (QED) is 0.161. The van der Waals surface area contributed by atoms with Gasteiger partial charge >= 0.3 is 22.4 Å². The van der Waals surface area contributed by atoms with Crippen LogP contribution >= 0.6 is 0 Å². The summed E-state index contributed by atoms with van der Waals surface area (Å²) in [7, 11) is 0. The third kappa shape index (κ3) is 3.33. The second-order valence-electron chi connectivity index (χ2n) is 2.31. The molecule has 0 aromatic heterocycles. The average Bonchev–Trinajstić information content (AvgIpc) is 2.17. The van der Waals surface area contributed by atoms with Gasteiger partial charge in [0.2, 0.25) is 0 Å². The number of nitro groups is 2. The molecule has 1 rings (SSSR count). The molecule has 0 aliphatic carbocycles. The minimum Gasteiger partial charge on any atom is -0.260 e. The van der Waals surface area contributed by atoms with Gasteiger partial charge in [0.15, 0.2) is 11.4 Å². The standard InChI is InChI=1S/C6H2N5O4.Ag/c7-9-8-4-1-5(10(12)13)3-6(2-4)11(14)15;/h1,3H;/q-1;+1. The van der Waals surface area contributed by atoms with Crippen LogP contribution in [0.15, 0.2) is 17.2 Å². The summed E-state index contributed by atoms with van der Waals surface area (Å²) in [6, 6.07) is 3.74. The normalized spacial score (nSPS) is 8.50. The van der Waals surface area contributed by atoms with E-state index in [1.54, 1.807) is 0 Å². The Morgan fingerprint density at radius 2 is 1.94 bits per heavy atom. The van der Waals surface area contributed by atoms with Gasteiger partial charge in [0.1, 0.15) is 0 Å². The van der Waals surface area contributed by atoms with Crippen molar-refractivity contribution in [2.75, 3.05) is 0 Å². The molecule has 10 heteroatoms. The van der Waals surface area contributed by atoms with Gasteiger partial charge in [-0.25, -0.2) is 0 Å². The SMILES string of the molecule is [Ag+].[N-]=[N+]=Nc1[c-]c([N+](=O)[O-])cc([N+](=O)[O-])c1. The minimum absolute atomic E-state index is 0. The molecule has 86 valence electrons. The zero-order valence-corrected chi connectivity index (χ0v) is 8.81. The minimum atomic E-state index is -0.858. The molecule has 0 spiro atoms. The van der Waals surface area contributed by atoms with Gasteiger partial charge in [-0.2, -0.15) is 0 Å². The van der Waals surface area contributed by atoms with E-state index in [-0.39, 0.29) is 28.1 Å². The van der Waals surface area contributed by atoms with Crippen LogP contribution in [-0.2, 0) is 22.4 Å². The zero-order valence-electron chi connectivity index (χ0n) is 7.33. The molecule has 0 saturated heterocycles. The van der Waals surface area contributed by atoms with Crippen molar-refractivity contribution >= 4 is 17.1 Å². The van der Waals surface area contributed by atoms with Crippen LogP contribution in [0, 0.1) is 26.3 Å². The van der Waals surface area contributed by atoms with Crippen molar-refractivity contribution in [2.24, 2.45) is 5.11 Å². The van der Waals surface area contributed by atoms with Crippen LogP contribution in [0.25, 0.3) is 10.4 Å². The fourth-order valence-electron chi connectivity index (χ4n) is 0.831. The Balaban J connectivity index is 0.00000225. The molecule has 0 amide bonds. The Morgan fingerprint density at radius 1 is 1.31 bits per heavy atom. The first kappa shape index (κ1) is 14.1. The topological polar surface area (TPSA) is 135 Å². The van der Waals surface area contributed by atoms with E-state index in [9.17, 15) is 20.2 Å². The number of hydrogen-bond donors (Lipinski definition) is 0. The van der Waals surface area contributed by atoms with Crippen molar-refractivity contribution < 1.29 is 32.2 Å². The number of rotatable bonds is 3. The van der Waals surface area contributed by atoms with E-state index in [1.165, 1.54) is 0 Å². The molecule has 1 aromatic carbocycles. The van der Waals surface area contributed by atoms with Crippen molar-refractivity contribution in [3.63, 3.8) is 0 Å². The second kappa shape index (κ2) is 5.83. The number of hydrogen-bond acceptors (Lipinski definition) is 5. The molecule has 0 fully saturated rings. The van der Waals surface area contributed by atoms with Crippen molar-refractivity contribution in [3.8, 4) is 0 Å². The molecule has 1 aromatic rings. The Bertz CT molecular complexity index is 421. The summed E-state index contributed by atoms with van der Waals surface area (Å²) in [5.74, 6) is 0. The van der Waals surface area contributed by atoms with Gasteiger partial charge in [-0.3, -0.25) is 20.2 Å². The number of non-ortho nitro benzene ring substituents is 2. The van der Waals surface area contributed by atoms with Crippen LogP contribution in [-0.4, -0.2) is 9.85 Å². The fraction of sp³-hybridized carbons (Fsp3) is 0. The van der Waals surface area contributed by atoms with Crippen molar-refractivity contribution in [1.29, 1.82) is 0 Å². The number of nitrogens with zero attached hydrogens (tertiary/aromatic N) is 5. The van der Waals surface area contributed by atoms with Gasteiger partial charge in [0.05, 0.1) is 0 Å². The molecule has 0 N–H and O–H groups in total. The van der Waals surface area contributed by atoms with Gasteiger partial charge < -0.3 is 0 Å². The molecule has 0 radical (unpaired) electrons. The molecule has 0 atom stereocenters. The Kier molecular flexibility index (Phi) is 5.13. The smallest absolute Gasteiger partial charge is 0.260 e. The summed E-state index contributed by atoms with van der Waals surface area (Å²) >= 11 is 0. The monoisotopic (exact) mass is 315 g/mol. The molecule has 0 heterocycles. The van der Waals surface area contributed by atoms with Crippen LogP contribution < -0.4 is 0 Å². The first-order valence-electron chi connectivity index (χ1n) is 3.46. The van der Waals surface area contributed by atoms with Gasteiger partial charge in [0, 0.05) is 14.8 Å². The number of benzene rings is 1. The van der Waals surface area contributed by atoms with Crippen LogP contribution in [0.1, 0.15) is 0 Å². The predicted octanol–water partition coefficient (Wildman–Crippen LogP) is 2.24. The Morgan fingerprint density at radius 3 is 2.38 bits per heavy atom. The maximum Gasteiger partial charge on any atom is 1.00 e.